The van der Waals surface area contributed by atoms with E-state index in [1.165, 1.54) is 11.1 Å². The van der Waals surface area contributed by atoms with E-state index < -0.39 is 5.41 Å². The minimum atomic E-state index is -0.462. The first kappa shape index (κ1) is 17.1. The zero-order valence-electron chi connectivity index (χ0n) is 15.2. The van der Waals surface area contributed by atoms with Crippen molar-refractivity contribution in [3.63, 3.8) is 0 Å². The Bertz CT molecular complexity index is 781. The topological polar surface area (TPSA) is 38.8 Å². The third-order valence-corrected chi connectivity index (χ3v) is 5.80. The van der Waals surface area contributed by atoms with Crippen LogP contribution in [-0.2, 0) is 27.9 Å². The van der Waals surface area contributed by atoms with Crippen LogP contribution in [0.3, 0.4) is 0 Å². The lowest BCUT2D eigenvalue weighted by Crippen LogP contribution is -2.51. The van der Waals surface area contributed by atoms with Gasteiger partial charge in [0, 0.05) is 26.3 Å². The fourth-order valence-corrected chi connectivity index (χ4v) is 4.24. The normalized spacial score (nSPS) is 18.9. The lowest BCUT2D eigenvalue weighted by Gasteiger charge is -2.41. The van der Waals surface area contributed by atoms with Gasteiger partial charge in [0.25, 0.3) is 0 Å². The van der Waals surface area contributed by atoms with Crippen LogP contribution in [0.2, 0.25) is 0 Å². The van der Waals surface area contributed by atoms with Gasteiger partial charge in [-0.15, -0.1) is 0 Å². The SMILES string of the molecule is COc1ccc2c(c1)CN(C(=O)C1(c3ccccc3)CCOCC1)CC2. The largest absolute Gasteiger partial charge is 0.497 e. The molecule has 0 aliphatic carbocycles. The molecule has 4 nitrogen and oxygen atoms in total. The molecule has 4 rings (SSSR count). The molecule has 2 aliphatic heterocycles. The number of hydrogen-bond acceptors (Lipinski definition) is 3. The number of nitrogens with zero attached hydrogens (tertiary/aromatic N) is 1. The lowest BCUT2D eigenvalue weighted by atomic mass is 9.72. The van der Waals surface area contributed by atoms with Gasteiger partial charge in [0.15, 0.2) is 0 Å². The van der Waals surface area contributed by atoms with E-state index in [2.05, 4.69) is 24.3 Å². The third kappa shape index (κ3) is 2.99. The van der Waals surface area contributed by atoms with E-state index in [0.717, 1.165) is 37.1 Å². The summed E-state index contributed by atoms with van der Waals surface area (Å²) in [6.45, 7) is 2.70. The van der Waals surface area contributed by atoms with E-state index in [0.29, 0.717) is 19.8 Å². The van der Waals surface area contributed by atoms with E-state index in [1.54, 1.807) is 7.11 Å². The van der Waals surface area contributed by atoms with Gasteiger partial charge >= 0.3 is 0 Å². The summed E-state index contributed by atoms with van der Waals surface area (Å²) in [4.78, 5) is 15.7. The van der Waals surface area contributed by atoms with Crippen molar-refractivity contribution in [3.8, 4) is 5.75 Å². The number of benzene rings is 2. The predicted octanol–water partition coefficient (Wildman–Crippen LogP) is 3.33. The average Bonchev–Trinajstić information content (AvgIpc) is 2.73. The number of hydrogen-bond donors (Lipinski definition) is 0. The van der Waals surface area contributed by atoms with E-state index in [1.807, 2.05) is 29.2 Å². The number of carbonyl (C=O) groups is 1. The van der Waals surface area contributed by atoms with Crippen molar-refractivity contribution in [2.24, 2.45) is 0 Å². The molecular formula is C22H25NO3. The number of carbonyl (C=O) groups excluding carboxylic acids is 1. The Balaban J connectivity index is 1.64. The molecule has 0 bridgehead atoms. The zero-order chi connectivity index (χ0) is 18.0. The fourth-order valence-electron chi connectivity index (χ4n) is 4.24. The Morgan fingerprint density at radius 1 is 1.08 bits per heavy atom. The first-order valence-electron chi connectivity index (χ1n) is 9.31. The molecule has 0 N–H and O–H groups in total. The van der Waals surface area contributed by atoms with Crippen LogP contribution >= 0.6 is 0 Å². The molecule has 2 aliphatic rings. The highest BCUT2D eigenvalue weighted by Gasteiger charge is 2.44. The maximum Gasteiger partial charge on any atom is 0.233 e. The highest BCUT2D eigenvalue weighted by Crippen LogP contribution is 2.38. The van der Waals surface area contributed by atoms with Crippen LogP contribution < -0.4 is 4.74 Å². The number of rotatable bonds is 3. The van der Waals surface area contributed by atoms with E-state index in [9.17, 15) is 4.79 Å². The number of fused-ring (bicyclic) bond motifs is 1. The summed E-state index contributed by atoms with van der Waals surface area (Å²) in [5.74, 6) is 1.09. The molecule has 0 aromatic heterocycles. The fraction of sp³-hybridized carbons (Fsp3) is 0.409. The van der Waals surface area contributed by atoms with Gasteiger partial charge in [-0.3, -0.25) is 4.79 Å². The van der Waals surface area contributed by atoms with Gasteiger partial charge in [-0.1, -0.05) is 36.4 Å². The van der Waals surface area contributed by atoms with Crippen molar-refractivity contribution in [2.45, 2.75) is 31.2 Å². The Labute approximate surface area is 154 Å². The van der Waals surface area contributed by atoms with Crippen molar-refractivity contribution >= 4 is 5.91 Å². The number of ether oxygens (including phenoxy) is 2. The summed E-state index contributed by atoms with van der Waals surface area (Å²) in [5.41, 5.74) is 3.16. The molecular weight excluding hydrogens is 326 g/mol. The number of methoxy groups -OCH3 is 1. The highest BCUT2D eigenvalue weighted by atomic mass is 16.5. The summed E-state index contributed by atoms with van der Waals surface area (Å²) < 4.78 is 10.9. The molecule has 2 aromatic rings. The van der Waals surface area contributed by atoms with Crippen molar-refractivity contribution in [3.05, 3.63) is 65.2 Å². The molecule has 1 saturated heterocycles. The second-order valence-electron chi connectivity index (χ2n) is 7.17. The van der Waals surface area contributed by atoms with Crippen molar-refractivity contribution in [1.82, 2.24) is 4.90 Å². The standard InChI is InChI=1S/C22H25NO3/c1-25-20-8-7-17-9-12-23(16-18(17)15-20)21(24)22(10-13-26-14-11-22)19-5-3-2-4-6-19/h2-8,15H,9-14,16H2,1H3. The van der Waals surface area contributed by atoms with Crippen LogP contribution in [0.15, 0.2) is 48.5 Å². The van der Waals surface area contributed by atoms with Gasteiger partial charge in [-0.25, -0.2) is 0 Å². The Morgan fingerprint density at radius 2 is 1.85 bits per heavy atom. The van der Waals surface area contributed by atoms with Crippen LogP contribution in [0.5, 0.6) is 5.75 Å². The molecule has 0 spiro atoms. The molecule has 2 heterocycles. The third-order valence-electron chi connectivity index (χ3n) is 5.80. The minimum absolute atomic E-state index is 0.237. The molecule has 0 saturated carbocycles. The van der Waals surface area contributed by atoms with Crippen LogP contribution in [0.25, 0.3) is 0 Å². The molecule has 26 heavy (non-hydrogen) atoms. The molecule has 2 aromatic carbocycles. The summed E-state index contributed by atoms with van der Waals surface area (Å²) in [5, 5.41) is 0. The molecule has 0 radical (unpaired) electrons. The maximum atomic E-state index is 13.7. The second kappa shape index (κ2) is 7.12. The summed E-state index contributed by atoms with van der Waals surface area (Å²) >= 11 is 0. The first-order chi connectivity index (χ1) is 12.7. The molecule has 0 atom stereocenters. The van der Waals surface area contributed by atoms with Gasteiger partial charge in [-0.05, 0) is 48.1 Å². The zero-order valence-corrected chi connectivity index (χ0v) is 15.2. The molecule has 0 unspecified atom stereocenters. The van der Waals surface area contributed by atoms with E-state index >= 15 is 0 Å². The second-order valence-corrected chi connectivity index (χ2v) is 7.17. The first-order valence-corrected chi connectivity index (χ1v) is 9.31. The van der Waals surface area contributed by atoms with Gasteiger partial charge in [0.2, 0.25) is 5.91 Å². The van der Waals surface area contributed by atoms with Gasteiger partial charge in [0.05, 0.1) is 12.5 Å². The Morgan fingerprint density at radius 3 is 2.58 bits per heavy atom. The van der Waals surface area contributed by atoms with Crippen LogP contribution in [-0.4, -0.2) is 37.7 Å². The molecule has 1 amide bonds. The van der Waals surface area contributed by atoms with Crippen molar-refractivity contribution in [1.29, 1.82) is 0 Å². The van der Waals surface area contributed by atoms with E-state index in [-0.39, 0.29) is 5.91 Å². The molecule has 1 fully saturated rings. The van der Waals surface area contributed by atoms with Gasteiger partial charge < -0.3 is 14.4 Å². The smallest absolute Gasteiger partial charge is 0.233 e. The highest BCUT2D eigenvalue weighted by molar-refractivity contribution is 5.88. The molecule has 136 valence electrons. The molecule has 4 heteroatoms. The van der Waals surface area contributed by atoms with Gasteiger partial charge in [0.1, 0.15) is 5.75 Å². The van der Waals surface area contributed by atoms with Crippen molar-refractivity contribution in [2.75, 3.05) is 26.9 Å². The van der Waals surface area contributed by atoms with Crippen molar-refractivity contribution < 1.29 is 14.3 Å². The maximum absolute atomic E-state index is 13.7. The Kier molecular flexibility index (Phi) is 4.68. The lowest BCUT2D eigenvalue weighted by molar-refractivity contribution is -0.142. The summed E-state index contributed by atoms with van der Waals surface area (Å²) in [6.07, 6.45) is 2.39. The monoisotopic (exact) mass is 351 g/mol. The van der Waals surface area contributed by atoms with Crippen LogP contribution in [0, 0.1) is 0 Å². The summed E-state index contributed by atoms with van der Waals surface area (Å²) in [7, 11) is 1.68. The van der Waals surface area contributed by atoms with Crippen LogP contribution in [0.4, 0.5) is 0 Å². The minimum Gasteiger partial charge on any atom is -0.497 e. The number of amides is 1. The van der Waals surface area contributed by atoms with Gasteiger partial charge in [-0.2, -0.15) is 0 Å². The Hall–Kier alpha value is -2.33. The average molecular weight is 351 g/mol. The predicted molar refractivity (Wildman–Crippen MR) is 100 cm³/mol. The quantitative estimate of drug-likeness (QED) is 0.851. The van der Waals surface area contributed by atoms with Crippen LogP contribution in [0.1, 0.15) is 29.5 Å². The van der Waals surface area contributed by atoms with E-state index in [4.69, 9.17) is 9.47 Å². The summed E-state index contributed by atoms with van der Waals surface area (Å²) in [6, 6.07) is 16.4.